The van der Waals surface area contributed by atoms with Crippen LogP contribution < -0.4 is 30.3 Å². The van der Waals surface area contributed by atoms with Crippen LogP contribution in [0.25, 0.3) is 22.2 Å². The number of halogens is 3. The Morgan fingerprint density at radius 1 is 0.957 bits per heavy atom. The van der Waals surface area contributed by atoms with Crippen LogP contribution in [0.4, 0.5) is 35.5 Å². The van der Waals surface area contributed by atoms with Gasteiger partial charge in [-0.2, -0.15) is 18.2 Å². The number of benzene rings is 3. The smallest absolute Gasteiger partial charge is 0.493 e. The van der Waals surface area contributed by atoms with Gasteiger partial charge in [0.05, 0.1) is 27.0 Å². The molecule has 0 saturated carbocycles. The fourth-order valence-electron chi connectivity index (χ4n) is 4.29. The number of carbonyl (C=O) groups is 2. The molecular weight excluding hydrogens is 645 g/mol. The van der Waals surface area contributed by atoms with Crippen LogP contribution in [0.1, 0.15) is 15.9 Å². The van der Waals surface area contributed by atoms with Gasteiger partial charge in [0.15, 0.2) is 16.6 Å². The number of nitrogens with one attached hydrogen (secondary N) is 1. The van der Waals surface area contributed by atoms with Crippen LogP contribution in [-0.2, 0) is 9.63 Å². The van der Waals surface area contributed by atoms with E-state index in [1.807, 2.05) is 0 Å². The van der Waals surface area contributed by atoms with Crippen LogP contribution >= 0.6 is 11.3 Å². The Morgan fingerprint density at radius 2 is 1.66 bits per heavy atom. The first kappa shape index (κ1) is 32.6. The molecule has 0 fully saturated rings. The first-order valence-electron chi connectivity index (χ1n) is 13.4. The maximum atomic E-state index is 13.3. The largest absolute Gasteiger partial charge is 0.493 e. The highest BCUT2D eigenvalue weighted by atomic mass is 32.1. The zero-order valence-electron chi connectivity index (χ0n) is 25.0. The quantitative estimate of drug-likeness (QED) is 0.171. The molecule has 0 aliphatic rings. The van der Waals surface area contributed by atoms with Crippen molar-refractivity contribution >= 4 is 45.5 Å². The number of hydrogen-bond donors (Lipinski definition) is 2. The summed E-state index contributed by atoms with van der Waals surface area (Å²) >= 11 is 1.10. The zero-order chi connectivity index (χ0) is 33.9. The molecule has 0 saturated heterocycles. The van der Waals surface area contributed by atoms with Crippen molar-refractivity contribution in [3.8, 4) is 39.4 Å². The third-order valence-electron chi connectivity index (χ3n) is 6.49. The zero-order valence-corrected chi connectivity index (χ0v) is 25.9. The van der Waals surface area contributed by atoms with Gasteiger partial charge in [-0.15, -0.1) is 5.06 Å². The predicted molar refractivity (Wildman–Crippen MR) is 165 cm³/mol. The van der Waals surface area contributed by atoms with Crippen LogP contribution in [-0.4, -0.2) is 54.5 Å². The Hall–Kier alpha value is -5.84. The van der Waals surface area contributed by atoms with Gasteiger partial charge >= 0.3 is 12.1 Å². The van der Waals surface area contributed by atoms with E-state index in [9.17, 15) is 22.8 Å². The summed E-state index contributed by atoms with van der Waals surface area (Å²) in [4.78, 5) is 38.7. The summed E-state index contributed by atoms with van der Waals surface area (Å²) in [5.74, 6) is -2.29. The number of alkyl halides is 3. The number of hydroxylamine groups is 1. The lowest BCUT2D eigenvalue weighted by Gasteiger charge is -2.22. The minimum absolute atomic E-state index is 0.000718. The minimum atomic E-state index is -5.36. The van der Waals surface area contributed by atoms with Crippen LogP contribution in [0.15, 0.2) is 65.2 Å². The van der Waals surface area contributed by atoms with Crippen molar-refractivity contribution in [1.29, 1.82) is 0 Å². The molecule has 5 aromatic rings. The summed E-state index contributed by atoms with van der Waals surface area (Å²) in [7, 11) is 4.45. The summed E-state index contributed by atoms with van der Waals surface area (Å²) in [5, 5.41) is 7.70. The highest BCUT2D eigenvalue weighted by Crippen LogP contribution is 2.42. The van der Waals surface area contributed by atoms with Crippen LogP contribution in [0, 0.1) is 6.92 Å². The first-order valence-corrected chi connectivity index (χ1v) is 14.2. The molecule has 0 unspecified atom stereocenters. The van der Waals surface area contributed by atoms with Gasteiger partial charge in [0.1, 0.15) is 10.7 Å². The number of rotatable bonds is 9. The molecule has 0 radical (unpaired) electrons. The fourth-order valence-corrected chi connectivity index (χ4v) is 5.11. The van der Waals surface area contributed by atoms with E-state index < -0.39 is 18.1 Å². The average molecular weight is 671 g/mol. The van der Waals surface area contributed by atoms with Crippen LogP contribution in [0.2, 0.25) is 0 Å². The van der Waals surface area contributed by atoms with Gasteiger partial charge in [-0.25, -0.2) is 9.78 Å². The Kier molecular flexibility index (Phi) is 9.18. The summed E-state index contributed by atoms with van der Waals surface area (Å²) in [6, 6.07) is 15.0. The first-order chi connectivity index (χ1) is 22.4. The normalized spacial score (nSPS) is 11.1. The molecule has 3 aromatic carbocycles. The maximum absolute atomic E-state index is 13.3. The molecular formula is C30H25F3N6O7S. The molecule has 0 spiro atoms. The number of amides is 1. The molecule has 0 aliphatic heterocycles. The van der Waals surface area contributed by atoms with E-state index in [0.29, 0.717) is 38.5 Å². The van der Waals surface area contributed by atoms with Crippen molar-refractivity contribution < 1.29 is 46.3 Å². The third-order valence-corrected chi connectivity index (χ3v) is 7.47. The van der Waals surface area contributed by atoms with E-state index in [0.717, 1.165) is 11.3 Å². The Labute approximate surface area is 268 Å². The molecule has 3 N–H and O–H groups in total. The number of aromatic nitrogens is 3. The molecule has 0 atom stereocenters. The number of anilines is 4. The van der Waals surface area contributed by atoms with Gasteiger partial charge in [-0.1, -0.05) is 46.8 Å². The van der Waals surface area contributed by atoms with Crippen molar-refractivity contribution in [2.75, 3.05) is 37.4 Å². The standard InChI is InChI=1S/C30H25F3N6O7S/c1-15-8-5-6-11-19(15)27(40)39(46-28(41)30(31,32)33)18-10-7-9-16(12-18)25-37-26(45-38-25)23-24(34)36-29(47-23)35-17-13-20(42-2)22(44-4)21(14-17)43-3/h5-14H,34H2,1-4H3,(H,35,36). The van der Waals surface area contributed by atoms with Crippen LogP contribution in [0.3, 0.4) is 0 Å². The number of nitrogens with two attached hydrogens (primary N) is 1. The predicted octanol–water partition coefficient (Wildman–Crippen LogP) is 6.19. The molecule has 244 valence electrons. The monoisotopic (exact) mass is 670 g/mol. The lowest BCUT2D eigenvalue weighted by atomic mass is 10.1. The van der Waals surface area contributed by atoms with Gasteiger partial charge in [-0.3, -0.25) is 4.79 Å². The van der Waals surface area contributed by atoms with Crippen molar-refractivity contribution in [3.05, 3.63) is 71.8 Å². The molecule has 13 nitrogen and oxygen atoms in total. The van der Waals surface area contributed by atoms with Crippen molar-refractivity contribution in [2.45, 2.75) is 13.1 Å². The van der Waals surface area contributed by atoms with Crippen molar-refractivity contribution in [3.63, 3.8) is 0 Å². The average Bonchev–Trinajstić information content (AvgIpc) is 3.69. The molecule has 0 aliphatic carbocycles. The third kappa shape index (κ3) is 6.89. The highest BCUT2D eigenvalue weighted by molar-refractivity contribution is 7.19. The second kappa shape index (κ2) is 13.3. The molecule has 2 aromatic heterocycles. The lowest BCUT2D eigenvalue weighted by molar-refractivity contribution is -0.199. The Balaban J connectivity index is 1.44. The minimum Gasteiger partial charge on any atom is -0.493 e. The molecule has 17 heteroatoms. The SMILES string of the molecule is COc1cc(Nc2nc(N)c(-c3nc(-c4cccc(N(OC(=O)C(F)(F)F)C(=O)c5ccccc5C)c4)no3)s2)cc(OC)c1OC. The summed E-state index contributed by atoms with van der Waals surface area (Å²) in [5.41, 5.74) is 7.20. The van der Waals surface area contributed by atoms with Gasteiger partial charge in [0.2, 0.25) is 11.6 Å². The molecule has 1 amide bonds. The van der Waals surface area contributed by atoms with Crippen molar-refractivity contribution in [2.24, 2.45) is 0 Å². The number of carbonyl (C=O) groups excluding carboxylic acids is 2. The van der Waals surface area contributed by atoms with E-state index in [4.69, 9.17) is 24.5 Å². The van der Waals surface area contributed by atoms with E-state index in [1.54, 1.807) is 31.2 Å². The second-order valence-corrected chi connectivity index (χ2v) is 10.5. The van der Waals surface area contributed by atoms with Gasteiger partial charge in [0, 0.05) is 28.9 Å². The maximum Gasteiger partial charge on any atom is 0.493 e. The van der Waals surface area contributed by atoms with Gasteiger partial charge in [-0.05, 0) is 30.7 Å². The van der Waals surface area contributed by atoms with Crippen LogP contribution in [0.5, 0.6) is 17.2 Å². The fraction of sp³-hybridized carbons (Fsp3) is 0.167. The van der Waals surface area contributed by atoms with Gasteiger partial charge < -0.3 is 34.6 Å². The number of nitrogen functional groups attached to an aromatic ring is 1. The summed E-state index contributed by atoms with van der Waals surface area (Å²) in [6.07, 6.45) is -5.36. The number of nitrogens with zero attached hydrogens (tertiary/aromatic N) is 4. The Morgan fingerprint density at radius 3 is 2.30 bits per heavy atom. The van der Waals surface area contributed by atoms with E-state index in [-0.39, 0.29) is 39.4 Å². The summed E-state index contributed by atoms with van der Waals surface area (Å²) < 4.78 is 61.0. The second-order valence-electron chi connectivity index (χ2n) is 9.54. The number of hydrogen-bond acceptors (Lipinski definition) is 13. The molecule has 2 heterocycles. The lowest BCUT2D eigenvalue weighted by Crippen LogP contribution is -2.39. The Bertz CT molecular complexity index is 1920. The molecule has 47 heavy (non-hydrogen) atoms. The topological polar surface area (TPSA) is 164 Å². The van der Waals surface area contributed by atoms with E-state index >= 15 is 0 Å². The highest BCUT2D eigenvalue weighted by Gasteiger charge is 2.44. The summed E-state index contributed by atoms with van der Waals surface area (Å²) in [6.45, 7) is 1.59. The molecule has 5 rings (SSSR count). The van der Waals surface area contributed by atoms with E-state index in [2.05, 4.69) is 25.3 Å². The van der Waals surface area contributed by atoms with E-state index in [1.165, 1.54) is 57.7 Å². The number of aryl methyl sites for hydroxylation is 1. The number of methoxy groups -OCH3 is 3. The number of thiazole rings is 1. The van der Waals surface area contributed by atoms with Gasteiger partial charge in [0.25, 0.3) is 11.8 Å². The number of ether oxygens (including phenoxy) is 3. The van der Waals surface area contributed by atoms with Crippen molar-refractivity contribution in [1.82, 2.24) is 15.1 Å². The molecule has 0 bridgehead atoms.